The van der Waals surface area contributed by atoms with Crippen LogP contribution in [0.3, 0.4) is 0 Å². The van der Waals surface area contributed by atoms with Gasteiger partial charge in [-0.15, -0.1) is 0 Å². The Morgan fingerprint density at radius 1 is 1.50 bits per heavy atom. The highest BCUT2D eigenvalue weighted by Crippen LogP contribution is 2.36. The average Bonchev–Trinajstić information content (AvgIpc) is 2.86. The molecule has 0 bridgehead atoms. The highest BCUT2D eigenvalue weighted by Gasteiger charge is 2.26. The lowest BCUT2D eigenvalue weighted by molar-refractivity contribution is -0.141. The number of carboxylic acids is 1. The molecular weight excluding hydrogens is 178 g/mol. The van der Waals surface area contributed by atoms with Gasteiger partial charge < -0.3 is 10.8 Å². The van der Waals surface area contributed by atoms with E-state index in [0.29, 0.717) is 5.92 Å². The predicted octanol–water partition coefficient (Wildman–Crippen LogP) is 1.86. The quantitative estimate of drug-likeness (QED) is 0.686. The van der Waals surface area contributed by atoms with Gasteiger partial charge in [-0.2, -0.15) is 0 Å². The lowest BCUT2D eigenvalue weighted by atomic mass is 9.90. The maximum atomic E-state index is 10.7. The monoisotopic (exact) mass is 199 g/mol. The normalized spacial score (nSPS) is 22.8. The van der Waals surface area contributed by atoms with E-state index in [1.165, 1.54) is 19.3 Å². The summed E-state index contributed by atoms with van der Waals surface area (Å²) in [6.45, 7) is 3.86. The largest absolute Gasteiger partial charge is 0.481 e. The minimum Gasteiger partial charge on any atom is -0.481 e. The summed E-state index contributed by atoms with van der Waals surface area (Å²) in [5.41, 5.74) is 5.83. The van der Waals surface area contributed by atoms with E-state index in [-0.39, 0.29) is 6.04 Å². The van der Waals surface area contributed by atoms with Gasteiger partial charge in [0, 0.05) is 6.04 Å². The van der Waals surface area contributed by atoms with Crippen molar-refractivity contribution in [2.24, 2.45) is 23.5 Å². The lowest BCUT2D eigenvalue weighted by Gasteiger charge is -2.20. The van der Waals surface area contributed by atoms with Crippen LogP contribution < -0.4 is 5.73 Å². The first kappa shape index (κ1) is 11.5. The van der Waals surface area contributed by atoms with Crippen LogP contribution in [0, 0.1) is 17.8 Å². The maximum Gasteiger partial charge on any atom is 0.307 e. The van der Waals surface area contributed by atoms with Crippen molar-refractivity contribution in [2.45, 2.75) is 45.6 Å². The van der Waals surface area contributed by atoms with Crippen LogP contribution in [0.25, 0.3) is 0 Å². The molecule has 0 spiro atoms. The fraction of sp³-hybridized carbons (Fsp3) is 0.909. The SMILES string of the molecule is CC(CC1CC1)CC(N)C(C)C(=O)O. The molecule has 1 rings (SSSR count). The third-order valence-electron chi connectivity index (χ3n) is 3.14. The van der Waals surface area contributed by atoms with Crippen molar-refractivity contribution in [1.29, 1.82) is 0 Å². The Balaban J connectivity index is 2.23. The van der Waals surface area contributed by atoms with Crippen LogP contribution >= 0.6 is 0 Å². The van der Waals surface area contributed by atoms with E-state index < -0.39 is 11.9 Å². The summed E-state index contributed by atoms with van der Waals surface area (Å²) in [6.07, 6.45) is 4.77. The topological polar surface area (TPSA) is 63.3 Å². The number of hydrogen-bond donors (Lipinski definition) is 2. The van der Waals surface area contributed by atoms with Gasteiger partial charge in [0.2, 0.25) is 0 Å². The Labute approximate surface area is 85.7 Å². The second-order valence-electron chi connectivity index (χ2n) is 4.81. The summed E-state index contributed by atoms with van der Waals surface area (Å²) in [6, 6.07) is -0.193. The Hall–Kier alpha value is -0.570. The van der Waals surface area contributed by atoms with Crippen molar-refractivity contribution >= 4 is 5.97 Å². The molecule has 0 heterocycles. The molecule has 3 N–H and O–H groups in total. The van der Waals surface area contributed by atoms with Crippen molar-refractivity contribution < 1.29 is 9.90 Å². The van der Waals surface area contributed by atoms with Crippen LogP contribution in [-0.4, -0.2) is 17.1 Å². The van der Waals surface area contributed by atoms with E-state index in [1.54, 1.807) is 6.92 Å². The third kappa shape index (κ3) is 3.66. The van der Waals surface area contributed by atoms with Gasteiger partial charge in [0.05, 0.1) is 5.92 Å². The van der Waals surface area contributed by atoms with Gasteiger partial charge >= 0.3 is 5.97 Å². The molecule has 0 saturated heterocycles. The van der Waals surface area contributed by atoms with Gasteiger partial charge in [0.15, 0.2) is 0 Å². The number of carboxylic acid groups (broad SMARTS) is 1. The predicted molar refractivity (Wildman–Crippen MR) is 55.9 cm³/mol. The zero-order valence-electron chi connectivity index (χ0n) is 9.07. The van der Waals surface area contributed by atoms with Crippen molar-refractivity contribution in [1.82, 2.24) is 0 Å². The van der Waals surface area contributed by atoms with Crippen LogP contribution in [0.4, 0.5) is 0 Å². The molecule has 0 aromatic carbocycles. The molecule has 0 amide bonds. The molecule has 3 heteroatoms. The fourth-order valence-corrected chi connectivity index (χ4v) is 1.87. The average molecular weight is 199 g/mol. The van der Waals surface area contributed by atoms with Crippen molar-refractivity contribution in [3.63, 3.8) is 0 Å². The van der Waals surface area contributed by atoms with Crippen LogP contribution in [0.15, 0.2) is 0 Å². The van der Waals surface area contributed by atoms with E-state index in [9.17, 15) is 4.79 Å². The molecule has 1 saturated carbocycles. The summed E-state index contributed by atoms with van der Waals surface area (Å²) in [5, 5.41) is 8.78. The molecule has 3 unspecified atom stereocenters. The van der Waals surface area contributed by atoms with Crippen molar-refractivity contribution in [3.8, 4) is 0 Å². The van der Waals surface area contributed by atoms with E-state index in [0.717, 1.165) is 12.3 Å². The van der Waals surface area contributed by atoms with Crippen LogP contribution in [0.2, 0.25) is 0 Å². The van der Waals surface area contributed by atoms with Gasteiger partial charge in [-0.25, -0.2) is 0 Å². The summed E-state index contributed by atoms with van der Waals surface area (Å²) in [4.78, 5) is 10.7. The summed E-state index contributed by atoms with van der Waals surface area (Å²) in [5.74, 6) is 0.268. The standard InChI is InChI=1S/C11H21NO2/c1-7(5-9-3-4-9)6-10(12)8(2)11(13)14/h7-10H,3-6,12H2,1-2H3,(H,13,14). The summed E-state index contributed by atoms with van der Waals surface area (Å²) in [7, 11) is 0. The maximum absolute atomic E-state index is 10.7. The zero-order valence-corrected chi connectivity index (χ0v) is 9.07. The molecule has 0 aromatic heterocycles. The lowest BCUT2D eigenvalue weighted by Crippen LogP contribution is -2.35. The smallest absolute Gasteiger partial charge is 0.307 e. The molecule has 0 aromatic rings. The number of rotatable bonds is 6. The molecule has 0 aliphatic heterocycles. The third-order valence-corrected chi connectivity index (χ3v) is 3.14. The number of carbonyl (C=O) groups is 1. The Bertz CT molecular complexity index is 201. The highest BCUT2D eigenvalue weighted by molar-refractivity contribution is 5.70. The molecule has 1 aliphatic carbocycles. The summed E-state index contributed by atoms with van der Waals surface area (Å²) >= 11 is 0. The Morgan fingerprint density at radius 2 is 2.07 bits per heavy atom. The van der Waals surface area contributed by atoms with Gasteiger partial charge in [-0.1, -0.05) is 26.7 Å². The molecule has 1 aliphatic rings. The Kier molecular flexibility index (Phi) is 3.93. The second kappa shape index (κ2) is 4.78. The van der Waals surface area contributed by atoms with Gasteiger partial charge in [0.1, 0.15) is 0 Å². The van der Waals surface area contributed by atoms with Crippen LogP contribution in [-0.2, 0) is 4.79 Å². The minimum absolute atomic E-state index is 0.193. The zero-order chi connectivity index (χ0) is 10.7. The van der Waals surface area contributed by atoms with E-state index in [1.807, 2.05) is 0 Å². The Morgan fingerprint density at radius 3 is 2.50 bits per heavy atom. The molecule has 0 radical (unpaired) electrons. The first-order chi connectivity index (χ1) is 6.50. The van der Waals surface area contributed by atoms with Crippen molar-refractivity contribution in [2.75, 3.05) is 0 Å². The van der Waals surface area contributed by atoms with E-state index >= 15 is 0 Å². The summed E-state index contributed by atoms with van der Waals surface area (Å²) < 4.78 is 0. The first-order valence-electron chi connectivity index (χ1n) is 5.49. The molecular formula is C11H21NO2. The molecule has 14 heavy (non-hydrogen) atoms. The first-order valence-corrected chi connectivity index (χ1v) is 5.49. The van der Waals surface area contributed by atoms with Gasteiger partial charge in [-0.05, 0) is 24.7 Å². The number of nitrogens with two attached hydrogens (primary N) is 1. The van der Waals surface area contributed by atoms with E-state index in [4.69, 9.17) is 10.8 Å². The van der Waals surface area contributed by atoms with Crippen molar-refractivity contribution in [3.05, 3.63) is 0 Å². The van der Waals surface area contributed by atoms with Gasteiger partial charge in [-0.3, -0.25) is 4.79 Å². The number of hydrogen-bond acceptors (Lipinski definition) is 2. The van der Waals surface area contributed by atoms with E-state index in [2.05, 4.69) is 6.92 Å². The molecule has 3 nitrogen and oxygen atoms in total. The number of aliphatic carboxylic acids is 1. The minimum atomic E-state index is -0.781. The molecule has 82 valence electrons. The van der Waals surface area contributed by atoms with Gasteiger partial charge in [0.25, 0.3) is 0 Å². The molecule has 1 fully saturated rings. The van der Waals surface area contributed by atoms with Crippen LogP contribution in [0.5, 0.6) is 0 Å². The fourth-order valence-electron chi connectivity index (χ4n) is 1.87. The molecule has 3 atom stereocenters. The highest BCUT2D eigenvalue weighted by atomic mass is 16.4. The second-order valence-corrected chi connectivity index (χ2v) is 4.81. The van der Waals surface area contributed by atoms with Crippen LogP contribution in [0.1, 0.15) is 39.5 Å².